The highest BCUT2D eigenvalue weighted by Crippen LogP contribution is 2.39. The molecule has 1 heterocycles. The summed E-state index contributed by atoms with van der Waals surface area (Å²) < 4.78 is 10.8. The van der Waals surface area contributed by atoms with E-state index in [1.807, 2.05) is 7.05 Å². The maximum atomic E-state index is 5.42. The minimum Gasteiger partial charge on any atom is -0.497 e. The van der Waals surface area contributed by atoms with Crippen molar-refractivity contribution >= 4 is 29.9 Å². The van der Waals surface area contributed by atoms with Crippen LogP contribution < -0.4 is 15.4 Å². The Hall–Kier alpha value is -1.06. The standard InChI is InChI=1S/C22H36N4O2.HI/c1-23-21(24-12-13-26-14-16-28-17-15-26)25-18-22(10-4-3-5-11-22)19-6-8-20(27-2)9-7-19;/h6-9H,3-5,10-18H2,1-2H3,(H2,23,24,25);1H. The average Bonchev–Trinajstić information content (AvgIpc) is 2.77. The van der Waals surface area contributed by atoms with Crippen LogP contribution in [-0.4, -0.2) is 71.0 Å². The molecule has 1 saturated heterocycles. The summed E-state index contributed by atoms with van der Waals surface area (Å²) in [6.07, 6.45) is 6.35. The van der Waals surface area contributed by atoms with Crippen LogP contribution >= 0.6 is 24.0 Å². The molecular weight excluding hydrogens is 479 g/mol. The van der Waals surface area contributed by atoms with Crippen molar-refractivity contribution in [3.05, 3.63) is 29.8 Å². The van der Waals surface area contributed by atoms with Crippen LogP contribution in [0.4, 0.5) is 0 Å². The molecule has 0 bridgehead atoms. The van der Waals surface area contributed by atoms with Gasteiger partial charge in [0.15, 0.2) is 5.96 Å². The van der Waals surface area contributed by atoms with E-state index in [1.54, 1.807) is 7.11 Å². The van der Waals surface area contributed by atoms with Crippen molar-refractivity contribution in [3.8, 4) is 5.75 Å². The van der Waals surface area contributed by atoms with Gasteiger partial charge < -0.3 is 20.1 Å². The van der Waals surface area contributed by atoms with Gasteiger partial charge in [-0.3, -0.25) is 9.89 Å². The largest absolute Gasteiger partial charge is 0.497 e. The third-order valence-corrected chi connectivity index (χ3v) is 6.16. The van der Waals surface area contributed by atoms with Crippen LogP contribution in [0.2, 0.25) is 0 Å². The van der Waals surface area contributed by atoms with Gasteiger partial charge in [0.2, 0.25) is 0 Å². The molecule has 6 nitrogen and oxygen atoms in total. The van der Waals surface area contributed by atoms with Crippen molar-refractivity contribution < 1.29 is 9.47 Å². The van der Waals surface area contributed by atoms with E-state index < -0.39 is 0 Å². The summed E-state index contributed by atoms with van der Waals surface area (Å²) in [5.74, 6) is 1.81. The lowest BCUT2D eigenvalue weighted by molar-refractivity contribution is 0.0389. The lowest BCUT2D eigenvalue weighted by Gasteiger charge is -2.38. The van der Waals surface area contributed by atoms with E-state index in [2.05, 4.69) is 44.8 Å². The fraction of sp³-hybridized carbons (Fsp3) is 0.682. The van der Waals surface area contributed by atoms with E-state index in [-0.39, 0.29) is 29.4 Å². The van der Waals surface area contributed by atoms with E-state index in [1.165, 1.54) is 37.7 Å². The average molecular weight is 516 g/mol. The van der Waals surface area contributed by atoms with Crippen LogP contribution in [-0.2, 0) is 10.2 Å². The number of nitrogens with zero attached hydrogens (tertiary/aromatic N) is 2. The van der Waals surface area contributed by atoms with Crippen molar-refractivity contribution in [2.75, 3.05) is 60.1 Å². The molecule has 1 aliphatic heterocycles. The van der Waals surface area contributed by atoms with Gasteiger partial charge in [-0.15, -0.1) is 24.0 Å². The third kappa shape index (κ3) is 7.00. The van der Waals surface area contributed by atoms with Crippen molar-refractivity contribution in [3.63, 3.8) is 0 Å². The van der Waals surface area contributed by atoms with Gasteiger partial charge in [0.1, 0.15) is 5.75 Å². The number of methoxy groups -OCH3 is 1. The molecule has 0 unspecified atom stereocenters. The van der Waals surface area contributed by atoms with E-state index >= 15 is 0 Å². The van der Waals surface area contributed by atoms with E-state index in [4.69, 9.17) is 9.47 Å². The minimum atomic E-state index is 0. The zero-order valence-electron chi connectivity index (χ0n) is 17.9. The van der Waals surface area contributed by atoms with Gasteiger partial charge in [0.25, 0.3) is 0 Å². The summed E-state index contributed by atoms with van der Waals surface area (Å²) in [7, 11) is 3.57. The molecule has 1 aromatic rings. The molecule has 0 amide bonds. The second kappa shape index (κ2) is 12.6. The van der Waals surface area contributed by atoms with Gasteiger partial charge in [0.05, 0.1) is 20.3 Å². The lowest BCUT2D eigenvalue weighted by atomic mass is 9.69. The Morgan fingerprint density at radius 1 is 1.10 bits per heavy atom. The summed E-state index contributed by atoms with van der Waals surface area (Å²) in [6, 6.07) is 8.64. The second-order valence-corrected chi connectivity index (χ2v) is 7.88. The number of benzene rings is 1. The Morgan fingerprint density at radius 2 is 1.79 bits per heavy atom. The molecule has 1 saturated carbocycles. The molecule has 2 aliphatic rings. The topological polar surface area (TPSA) is 58.1 Å². The van der Waals surface area contributed by atoms with Crippen LogP contribution in [0.25, 0.3) is 0 Å². The van der Waals surface area contributed by atoms with Crippen LogP contribution in [0, 0.1) is 0 Å². The van der Waals surface area contributed by atoms with Crippen molar-refractivity contribution in [2.45, 2.75) is 37.5 Å². The van der Waals surface area contributed by atoms with Crippen LogP contribution in [0.15, 0.2) is 29.3 Å². The molecule has 0 spiro atoms. The molecule has 1 aromatic carbocycles. The predicted octanol–water partition coefficient (Wildman–Crippen LogP) is 3.01. The summed E-state index contributed by atoms with van der Waals surface area (Å²) in [5.41, 5.74) is 1.58. The van der Waals surface area contributed by atoms with Gasteiger partial charge in [0, 0.05) is 45.2 Å². The number of ether oxygens (including phenoxy) is 2. The fourth-order valence-electron chi connectivity index (χ4n) is 4.37. The molecule has 2 N–H and O–H groups in total. The highest BCUT2D eigenvalue weighted by atomic mass is 127. The van der Waals surface area contributed by atoms with Crippen molar-refractivity contribution in [1.29, 1.82) is 0 Å². The first-order valence-corrected chi connectivity index (χ1v) is 10.6. The Bertz CT molecular complexity index is 612. The highest BCUT2D eigenvalue weighted by Gasteiger charge is 2.34. The molecule has 0 radical (unpaired) electrons. The predicted molar refractivity (Wildman–Crippen MR) is 130 cm³/mol. The van der Waals surface area contributed by atoms with Crippen molar-refractivity contribution in [1.82, 2.24) is 15.5 Å². The van der Waals surface area contributed by atoms with Crippen LogP contribution in [0.5, 0.6) is 5.75 Å². The van der Waals surface area contributed by atoms with Gasteiger partial charge >= 0.3 is 0 Å². The molecular formula is C22H37IN4O2. The molecule has 7 heteroatoms. The van der Waals surface area contributed by atoms with Crippen LogP contribution in [0.3, 0.4) is 0 Å². The third-order valence-electron chi connectivity index (χ3n) is 6.16. The SMILES string of the molecule is CN=C(NCCN1CCOCC1)NCC1(c2ccc(OC)cc2)CCCCC1.I. The maximum Gasteiger partial charge on any atom is 0.191 e. The first-order valence-electron chi connectivity index (χ1n) is 10.6. The zero-order valence-corrected chi connectivity index (χ0v) is 20.2. The first-order chi connectivity index (χ1) is 13.8. The molecule has 1 aliphatic carbocycles. The van der Waals surface area contributed by atoms with E-state index in [0.717, 1.165) is 57.6 Å². The summed E-state index contributed by atoms with van der Waals surface area (Å²) in [4.78, 5) is 6.87. The summed E-state index contributed by atoms with van der Waals surface area (Å²) in [6.45, 7) is 6.57. The summed E-state index contributed by atoms with van der Waals surface area (Å²) >= 11 is 0. The molecule has 2 fully saturated rings. The van der Waals surface area contributed by atoms with E-state index in [9.17, 15) is 0 Å². The molecule has 29 heavy (non-hydrogen) atoms. The fourth-order valence-corrected chi connectivity index (χ4v) is 4.37. The molecule has 0 aromatic heterocycles. The molecule has 3 rings (SSSR count). The Balaban J connectivity index is 0.00000300. The number of rotatable bonds is 7. The number of aliphatic imine (C=N–C) groups is 1. The maximum absolute atomic E-state index is 5.42. The Labute approximate surface area is 192 Å². The van der Waals surface area contributed by atoms with Crippen LogP contribution in [0.1, 0.15) is 37.7 Å². The van der Waals surface area contributed by atoms with Gasteiger partial charge in [-0.2, -0.15) is 0 Å². The van der Waals surface area contributed by atoms with Gasteiger partial charge in [-0.05, 0) is 30.5 Å². The van der Waals surface area contributed by atoms with Gasteiger partial charge in [-0.1, -0.05) is 31.4 Å². The number of nitrogens with one attached hydrogen (secondary N) is 2. The Morgan fingerprint density at radius 3 is 2.41 bits per heavy atom. The van der Waals surface area contributed by atoms with Gasteiger partial charge in [-0.25, -0.2) is 0 Å². The first kappa shape index (κ1) is 24.2. The summed E-state index contributed by atoms with van der Waals surface area (Å²) in [5, 5.41) is 7.09. The normalized spacial score (nSPS) is 19.9. The smallest absolute Gasteiger partial charge is 0.191 e. The molecule has 0 atom stereocenters. The number of morpholine rings is 1. The highest BCUT2D eigenvalue weighted by molar-refractivity contribution is 14.0. The quantitative estimate of drug-likeness (QED) is 0.332. The van der Waals surface area contributed by atoms with Crippen molar-refractivity contribution in [2.24, 2.45) is 4.99 Å². The monoisotopic (exact) mass is 516 g/mol. The number of hydrogen-bond acceptors (Lipinski definition) is 4. The number of guanidine groups is 1. The lowest BCUT2D eigenvalue weighted by Crippen LogP contribution is -2.48. The minimum absolute atomic E-state index is 0. The Kier molecular flexibility index (Phi) is 10.5. The number of hydrogen-bond donors (Lipinski definition) is 2. The number of halogens is 1. The molecule has 164 valence electrons. The second-order valence-electron chi connectivity index (χ2n) is 7.88. The zero-order chi connectivity index (χ0) is 19.7. The van der Waals surface area contributed by atoms with E-state index in [0.29, 0.717) is 0 Å².